The number of benzene rings is 1. The van der Waals surface area contributed by atoms with Crippen molar-refractivity contribution in [3.05, 3.63) is 35.4 Å². The lowest BCUT2D eigenvalue weighted by molar-refractivity contribution is -0.129. The van der Waals surface area contributed by atoms with E-state index in [1.165, 1.54) is 6.07 Å². The van der Waals surface area contributed by atoms with Gasteiger partial charge in [-0.05, 0) is 18.9 Å². The molecule has 0 aliphatic heterocycles. The molecule has 0 spiro atoms. The molecule has 0 atom stereocenters. The predicted molar refractivity (Wildman–Crippen MR) is 80.5 cm³/mol. The summed E-state index contributed by atoms with van der Waals surface area (Å²) in [5.74, 6) is -1.59. The monoisotopic (exact) mass is 312 g/mol. The number of halogens is 2. The normalized spacial score (nSPS) is 17.2. The average Bonchev–Trinajstić information content (AvgIpc) is 2.46. The van der Waals surface area contributed by atoms with E-state index in [0.29, 0.717) is 12.8 Å². The second-order valence-corrected chi connectivity index (χ2v) is 5.87. The van der Waals surface area contributed by atoms with Gasteiger partial charge in [-0.25, -0.2) is 8.78 Å². The smallest absolute Gasteiger partial charge is 0.233 e. The third-order valence-corrected chi connectivity index (χ3v) is 4.46. The van der Waals surface area contributed by atoms with E-state index >= 15 is 0 Å². The molecule has 0 aromatic heterocycles. The average molecular weight is 312 g/mol. The second kappa shape index (κ2) is 6.47. The molecular weight excluding hydrogens is 294 g/mol. The summed E-state index contributed by atoms with van der Waals surface area (Å²) in [6, 6.07) is 3.28. The van der Waals surface area contributed by atoms with E-state index in [1.807, 2.05) is 0 Å². The summed E-state index contributed by atoms with van der Waals surface area (Å²) in [7, 11) is 0. The Morgan fingerprint density at radius 1 is 1.29 bits per heavy atom. The molecule has 0 saturated heterocycles. The van der Waals surface area contributed by atoms with Gasteiger partial charge < -0.3 is 11.1 Å². The molecule has 0 bridgehead atoms. The molecule has 2 rings (SSSR count). The largest absolute Gasteiger partial charge is 0.392 e. The maximum atomic E-state index is 13.6. The van der Waals surface area contributed by atoms with Crippen molar-refractivity contribution in [2.24, 2.45) is 11.1 Å². The van der Waals surface area contributed by atoms with Crippen LogP contribution < -0.4 is 11.1 Å². The fraction of sp³-hybridized carbons (Fsp3) is 0.467. The number of thiocarbonyl (C=S) groups is 1. The van der Waals surface area contributed by atoms with Crippen LogP contribution in [0.1, 0.15) is 37.7 Å². The summed E-state index contributed by atoms with van der Waals surface area (Å²) in [5, 5.41) is 2.68. The number of nitrogens with two attached hydrogens (primary N) is 1. The Labute approximate surface area is 127 Å². The summed E-state index contributed by atoms with van der Waals surface area (Å²) in [5.41, 5.74) is 5.17. The molecule has 6 heteroatoms. The molecule has 0 unspecified atom stereocenters. The van der Waals surface area contributed by atoms with Crippen molar-refractivity contribution in [3.8, 4) is 0 Å². The number of nitrogens with one attached hydrogen (secondary N) is 1. The molecule has 0 radical (unpaired) electrons. The van der Waals surface area contributed by atoms with Gasteiger partial charge in [-0.3, -0.25) is 4.79 Å². The quantitative estimate of drug-likeness (QED) is 0.841. The Kier molecular flexibility index (Phi) is 4.88. The van der Waals surface area contributed by atoms with Crippen molar-refractivity contribution in [1.82, 2.24) is 5.32 Å². The summed E-state index contributed by atoms with van der Waals surface area (Å²) in [6.45, 7) is -0.00465. The maximum Gasteiger partial charge on any atom is 0.233 e. The minimum absolute atomic E-state index is 0.00465. The molecule has 1 aliphatic rings. The highest BCUT2D eigenvalue weighted by Crippen LogP contribution is 2.37. The number of carbonyl (C=O) groups excluding carboxylic acids is 1. The number of carbonyl (C=O) groups is 1. The molecule has 1 amide bonds. The Bertz CT molecular complexity index is 557. The summed E-state index contributed by atoms with van der Waals surface area (Å²) >= 11 is 5.07. The number of hydrogen-bond acceptors (Lipinski definition) is 2. The van der Waals surface area contributed by atoms with Crippen LogP contribution in [-0.4, -0.2) is 10.9 Å². The lowest BCUT2D eigenvalue weighted by atomic mass is 9.73. The van der Waals surface area contributed by atoms with Crippen molar-refractivity contribution < 1.29 is 13.6 Å². The topological polar surface area (TPSA) is 55.1 Å². The molecule has 114 valence electrons. The van der Waals surface area contributed by atoms with Crippen LogP contribution in [0.5, 0.6) is 0 Å². The van der Waals surface area contributed by atoms with Crippen LogP contribution in [-0.2, 0) is 11.3 Å². The zero-order valence-corrected chi connectivity index (χ0v) is 12.4. The van der Waals surface area contributed by atoms with E-state index in [-0.39, 0.29) is 23.0 Å². The Morgan fingerprint density at radius 2 is 1.95 bits per heavy atom. The summed E-state index contributed by atoms with van der Waals surface area (Å²) in [4.78, 5) is 12.6. The van der Waals surface area contributed by atoms with E-state index in [1.54, 1.807) is 0 Å². The van der Waals surface area contributed by atoms with Gasteiger partial charge in [0.1, 0.15) is 11.6 Å². The van der Waals surface area contributed by atoms with Gasteiger partial charge in [0, 0.05) is 18.2 Å². The minimum atomic E-state index is -0.829. The zero-order valence-electron chi connectivity index (χ0n) is 11.6. The first-order valence-electron chi connectivity index (χ1n) is 6.98. The fourth-order valence-corrected chi connectivity index (χ4v) is 3.05. The van der Waals surface area contributed by atoms with Gasteiger partial charge in [-0.1, -0.05) is 37.5 Å². The van der Waals surface area contributed by atoms with Crippen molar-refractivity contribution in [2.75, 3.05) is 0 Å². The molecule has 3 nitrogen and oxygen atoms in total. The molecule has 1 aliphatic carbocycles. The molecular formula is C15H18F2N2OS. The summed E-state index contributed by atoms with van der Waals surface area (Å²) in [6.07, 6.45) is 4.11. The first-order valence-corrected chi connectivity index (χ1v) is 7.39. The zero-order chi connectivity index (χ0) is 15.5. The molecule has 1 aromatic rings. The third kappa shape index (κ3) is 3.37. The third-order valence-electron chi connectivity index (χ3n) is 4.07. The van der Waals surface area contributed by atoms with Gasteiger partial charge in [-0.2, -0.15) is 0 Å². The van der Waals surface area contributed by atoms with E-state index in [4.69, 9.17) is 18.0 Å². The number of amides is 1. The van der Waals surface area contributed by atoms with Crippen molar-refractivity contribution in [1.29, 1.82) is 0 Å². The molecule has 1 saturated carbocycles. The first-order chi connectivity index (χ1) is 9.95. The van der Waals surface area contributed by atoms with Gasteiger partial charge >= 0.3 is 0 Å². The Morgan fingerprint density at radius 3 is 2.52 bits per heavy atom. The highest BCUT2D eigenvalue weighted by atomic mass is 32.1. The lowest BCUT2D eigenvalue weighted by Gasteiger charge is -2.34. The SMILES string of the molecule is NC(=S)C1(C(=O)NCc2ccc(F)cc2F)CCCCC1. The Hall–Kier alpha value is -1.56. The van der Waals surface area contributed by atoms with Crippen molar-refractivity contribution in [2.45, 2.75) is 38.6 Å². The van der Waals surface area contributed by atoms with Crippen LogP contribution in [0.25, 0.3) is 0 Å². The second-order valence-electron chi connectivity index (χ2n) is 5.43. The number of hydrogen-bond donors (Lipinski definition) is 2. The molecule has 3 N–H and O–H groups in total. The van der Waals surface area contributed by atoms with Crippen molar-refractivity contribution >= 4 is 23.1 Å². The highest BCUT2D eigenvalue weighted by molar-refractivity contribution is 7.80. The predicted octanol–water partition coefficient (Wildman–Crippen LogP) is 2.82. The van der Waals surface area contributed by atoms with Crippen LogP contribution in [0, 0.1) is 17.0 Å². The lowest BCUT2D eigenvalue weighted by Crippen LogP contribution is -2.49. The van der Waals surface area contributed by atoms with Crippen LogP contribution in [0.4, 0.5) is 8.78 Å². The Balaban J connectivity index is 2.07. The van der Waals surface area contributed by atoms with Gasteiger partial charge in [-0.15, -0.1) is 0 Å². The minimum Gasteiger partial charge on any atom is -0.392 e. The van der Waals surface area contributed by atoms with Gasteiger partial charge in [0.2, 0.25) is 5.91 Å². The first kappa shape index (κ1) is 15.8. The maximum absolute atomic E-state index is 13.6. The van der Waals surface area contributed by atoms with Crippen LogP contribution in [0.15, 0.2) is 18.2 Å². The molecule has 21 heavy (non-hydrogen) atoms. The van der Waals surface area contributed by atoms with Gasteiger partial charge in [0.25, 0.3) is 0 Å². The van der Waals surface area contributed by atoms with Crippen LogP contribution in [0.2, 0.25) is 0 Å². The fourth-order valence-electron chi connectivity index (χ4n) is 2.75. The molecule has 0 heterocycles. The van der Waals surface area contributed by atoms with E-state index in [2.05, 4.69) is 5.32 Å². The molecule has 1 aromatic carbocycles. The standard InChI is InChI=1S/C15H18F2N2OS/c16-11-5-4-10(12(17)8-11)9-19-14(20)15(13(18)21)6-2-1-3-7-15/h4-5,8H,1-3,6-7,9H2,(H2,18,21)(H,19,20). The van der Waals surface area contributed by atoms with Gasteiger partial charge in [0.05, 0.1) is 10.4 Å². The molecule has 1 fully saturated rings. The highest BCUT2D eigenvalue weighted by Gasteiger charge is 2.42. The van der Waals surface area contributed by atoms with Gasteiger partial charge in [0.15, 0.2) is 0 Å². The van der Waals surface area contributed by atoms with Crippen molar-refractivity contribution in [3.63, 3.8) is 0 Å². The van der Waals surface area contributed by atoms with Crippen LogP contribution in [0.3, 0.4) is 0 Å². The number of rotatable bonds is 4. The van der Waals surface area contributed by atoms with E-state index < -0.39 is 17.0 Å². The van der Waals surface area contributed by atoms with E-state index in [0.717, 1.165) is 31.4 Å². The van der Waals surface area contributed by atoms with E-state index in [9.17, 15) is 13.6 Å². The van der Waals surface area contributed by atoms with Crippen LogP contribution >= 0.6 is 12.2 Å². The summed E-state index contributed by atoms with van der Waals surface area (Å²) < 4.78 is 26.4.